The van der Waals surface area contributed by atoms with Crippen molar-refractivity contribution in [2.24, 2.45) is 0 Å². The van der Waals surface area contributed by atoms with Crippen LogP contribution in [0.15, 0.2) is 51.4 Å². The first-order valence-corrected chi connectivity index (χ1v) is 9.41. The molecule has 0 fully saturated rings. The van der Waals surface area contributed by atoms with Gasteiger partial charge in [0.05, 0.1) is 30.7 Å². The lowest BCUT2D eigenvalue weighted by Gasteiger charge is -2.14. The third kappa shape index (κ3) is 3.25. The number of nitrogens with zero attached hydrogens (tertiary/aromatic N) is 2. The molecule has 3 aromatic rings. The Bertz CT molecular complexity index is 1070. The molecular weight excluding hydrogens is 382 g/mol. The molecule has 0 atom stereocenters. The van der Waals surface area contributed by atoms with Crippen LogP contribution < -0.4 is 5.32 Å². The summed E-state index contributed by atoms with van der Waals surface area (Å²) < 4.78 is 10.6. The molecule has 0 bridgehead atoms. The Morgan fingerprint density at radius 3 is 3.00 bits per heavy atom. The Labute approximate surface area is 164 Å². The standard InChI is InChI=1S/C19H17N3O5S/c1-26-19(25)12-10-22(6-7-23)18(24)16(12)20-11-4-5-14-13(9-11)21-17(27-14)15-3-2-8-28-15/h2-5,8-9,20,23H,6-7,10H2,1H3. The second-order valence-electron chi connectivity index (χ2n) is 6.10. The number of aromatic nitrogens is 1. The predicted octanol–water partition coefficient (Wildman–Crippen LogP) is 2.23. The monoisotopic (exact) mass is 399 g/mol. The minimum Gasteiger partial charge on any atom is -0.466 e. The highest BCUT2D eigenvalue weighted by atomic mass is 32.1. The zero-order chi connectivity index (χ0) is 19.7. The summed E-state index contributed by atoms with van der Waals surface area (Å²) >= 11 is 1.53. The minimum absolute atomic E-state index is 0.0864. The number of carbonyl (C=O) groups excluding carboxylic acids is 2. The number of rotatable bonds is 6. The fourth-order valence-electron chi connectivity index (χ4n) is 3.00. The summed E-state index contributed by atoms with van der Waals surface area (Å²) in [5.74, 6) is -0.421. The highest BCUT2D eigenvalue weighted by molar-refractivity contribution is 7.13. The number of aliphatic hydroxyl groups excluding tert-OH is 1. The minimum atomic E-state index is -0.584. The van der Waals surface area contributed by atoms with Crippen molar-refractivity contribution in [1.82, 2.24) is 9.88 Å². The Hall–Kier alpha value is -3.17. The Kier molecular flexibility index (Phi) is 4.84. The summed E-state index contributed by atoms with van der Waals surface area (Å²) in [6, 6.07) is 9.10. The van der Waals surface area contributed by atoms with Crippen LogP contribution in [0.5, 0.6) is 0 Å². The van der Waals surface area contributed by atoms with Crippen molar-refractivity contribution in [3.05, 3.63) is 47.0 Å². The van der Waals surface area contributed by atoms with Gasteiger partial charge >= 0.3 is 5.97 Å². The van der Waals surface area contributed by atoms with E-state index in [1.165, 1.54) is 23.3 Å². The van der Waals surface area contributed by atoms with Crippen LogP contribution in [-0.4, -0.2) is 53.7 Å². The molecule has 0 radical (unpaired) electrons. The van der Waals surface area contributed by atoms with Crippen molar-refractivity contribution in [3.63, 3.8) is 0 Å². The van der Waals surface area contributed by atoms with E-state index >= 15 is 0 Å². The molecule has 1 aliphatic heterocycles. The molecule has 1 aliphatic rings. The summed E-state index contributed by atoms with van der Waals surface area (Å²) in [5.41, 5.74) is 2.21. The maximum atomic E-state index is 12.6. The highest BCUT2D eigenvalue weighted by Crippen LogP contribution is 2.30. The van der Waals surface area contributed by atoms with E-state index in [0.717, 1.165) is 4.88 Å². The number of hydrogen-bond acceptors (Lipinski definition) is 8. The number of benzene rings is 1. The third-order valence-electron chi connectivity index (χ3n) is 4.34. The summed E-state index contributed by atoms with van der Waals surface area (Å²) in [5, 5.41) is 14.1. The average molecular weight is 399 g/mol. The quantitative estimate of drug-likeness (QED) is 0.613. The van der Waals surface area contributed by atoms with Crippen LogP contribution >= 0.6 is 11.3 Å². The van der Waals surface area contributed by atoms with E-state index in [1.807, 2.05) is 17.5 Å². The van der Waals surface area contributed by atoms with Gasteiger partial charge in [0.2, 0.25) is 5.89 Å². The number of ether oxygens (including phenoxy) is 1. The second kappa shape index (κ2) is 7.45. The molecule has 8 nitrogen and oxygen atoms in total. The number of carbonyl (C=O) groups is 2. The first-order valence-electron chi connectivity index (χ1n) is 8.54. The molecule has 1 amide bonds. The number of anilines is 1. The maximum absolute atomic E-state index is 12.6. The molecule has 2 aromatic heterocycles. The molecule has 0 saturated heterocycles. The molecule has 3 heterocycles. The molecule has 144 valence electrons. The highest BCUT2D eigenvalue weighted by Gasteiger charge is 2.34. The lowest BCUT2D eigenvalue weighted by molar-refractivity contribution is -0.136. The number of nitrogens with one attached hydrogen (secondary N) is 1. The Morgan fingerprint density at radius 1 is 1.43 bits per heavy atom. The van der Waals surface area contributed by atoms with Gasteiger partial charge in [-0.1, -0.05) is 6.07 Å². The number of amides is 1. The summed E-state index contributed by atoms with van der Waals surface area (Å²) in [6.07, 6.45) is 0. The lowest BCUT2D eigenvalue weighted by Crippen LogP contribution is -2.31. The second-order valence-corrected chi connectivity index (χ2v) is 7.05. The number of β-amino-alcohol motifs (C(OH)–C–C–N with tert-alkyl or cyclic N) is 1. The van der Waals surface area contributed by atoms with E-state index in [-0.39, 0.29) is 36.9 Å². The zero-order valence-electron chi connectivity index (χ0n) is 15.0. The summed E-state index contributed by atoms with van der Waals surface area (Å²) in [7, 11) is 1.26. The van der Waals surface area contributed by atoms with Gasteiger partial charge in [0.1, 0.15) is 11.2 Å². The predicted molar refractivity (Wildman–Crippen MR) is 104 cm³/mol. The van der Waals surface area contributed by atoms with Gasteiger partial charge in [-0.25, -0.2) is 9.78 Å². The number of aliphatic hydroxyl groups is 1. The van der Waals surface area contributed by atoms with Gasteiger partial charge in [-0.15, -0.1) is 11.3 Å². The number of oxazole rings is 1. The first-order chi connectivity index (χ1) is 13.6. The van der Waals surface area contributed by atoms with E-state index in [0.29, 0.717) is 22.7 Å². The number of fused-ring (bicyclic) bond motifs is 1. The molecular formula is C19H17N3O5S. The Balaban J connectivity index is 1.65. The Morgan fingerprint density at radius 2 is 2.29 bits per heavy atom. The van der Waals surface area contributed by atoms with Gasteiger partial charge < -0.3 is 24.5 Å². The molecule has 28 heavy (non-hydrogen) atoms. The summed E-state index contributed by atoms with van der Waals surface area (Å²) in [4.78, 5) is 31.5. The molecule has 2 N–H and O–H groups in total. The molecule has 1 aromatic carbocycles. The van der Waals surface area contributed by atoms with Gasteiger partial charge in [-0.05, 0) is 29.6 Å². The number of thiophene rings is 1. The molecule has 0 saturated carbocycles. The van der Waals surface area contributed by atoms with Crippen LogP contribution in [-0.2, 0) is 14.3 Å². The maximum Gasteiger partial charge on any atom is 0.337 e. The molecule has 0 spiro atoms. The fraction of sp³-hybridized carbons (Fsp3) is 0.211. The third-order valence-corrected chi connectivity index (χ3v) is 5.20. The first kappa shape index (κ1) is 18.2. The van der Waals surface area contributed by atoms with Crippen molar-refractivity contribution in [2.45, 2.75) is 0 Å². The van der Waals surface area contributed by atoms with Crippen LogP contribution in [0.25, 0.3) is 21.9 Å². The number of esters is 1. The van der Waals surface area contributed by atoms with Gasteiger partial charge in [-0.3, -0.25) is 4.79 Å². The van der Waals surface area contributed by atoms with Crippen molar-refractivity contribution < 1.29 is 23.8 Å². The zero-order valence-corrected chi connectivity index (χ0v) is 15.8. The summed E-state index contributed by atoms with van der Waals surface area (Å²) in [6.45, 7) is 0.0317. The van der Waals surface area contributed by atoms with E-state index in [2.05, 4.69) is 10.3 Å². The average Bonchev–Trinajstić information content (AvgIpc) is 3.42. The van der Waals surface area contributed by atoms with Crippen molar-refractivity contribution in [2.75, 3.05) is 32.1 Å². The van der Waals surface area contributed by atoms with Crippen molar-refractivity contribution in [3.8, 4) is 10.8 Å². The number of methoxy groups -OCH3 is 1. The van der Waals surface area contributed by atoms with Gasteiger partial charge in [0.15, 0.2) is 5.58 Å². The van der Waals surface area contributed by atoms with E-state index in [1.54, 1.807) is 18.2 Å². The van der Waals surface area contributed by atoms with Crippen LogP contribution in [0, 0.1) is 0 Å². The normalized spacial score (nSPS) is 14.2. The molecule has 0 unspecified atom stereocenters. The van der Waals surface area contributed by atoms with Crippen LogP contribution in [0.3, 0.4) is 0 Å². The smallest absolute Gasteiger partial charge is 0.337 e. The van der Waals surface area contributed by atoms with E-state index in [9.17, 15) is 9.59 Å². The largest absolute Gasteiger partial charge is 0.466 e. The van der Waals surface area contributed by atoms with Crippen LogP contribution in [0.1, 0.15) is 0 Å². The fourth-order valence-corrected chi connectivity index (χ4v) is 3.65. The molecule has 9 heteroatoms. The molecule has 0 aliphatic carbocycles. The number of hydrogen-bond donors (Lipinski definition) is 2. The van der Waals surface area contributed by atoms with E-state index in [4.69, 9.17) is 14.3 Å². The van der Waals surface area contributed by atoms with Crippen molar-refractivity contribution >= 4 is 40.0 Å². The van der Waals surface area contributed by atoms with Gasteiger partial charge in [0, 0.05) is 12.2 Å². The topological polar surface area (TPSA) is 105 Å². The van der Waals surface area contributed by atoms with Crippen molar-refractivity contribution in [1.29, 1.82) is 0 Å². The van der Waals surface area contributed by atoms with E-state index < -0.39 is 5.97 Å². The van der Waals surface area contributed by atoms with Crippen LogP contribution in [0.2, 0.25) is 0 Å². The lowest BCUT2D eigenvalue weighted by atomic mass is 10.2. The van der Waals surface area contributed by atoms with Gasteiger partial charge in [-0.2, -0.15) is 0 Å². The van der Waals surface area contributed by atoms with Crippen LogP contribution in [0.4, 0.5) is 5.69 Å². The van der Waals surface area contributed by atoms with Gasteiger partial charge in [0.25, 0.3) is 5.91 Å². The SMILES string of the molecule is COC(=O)C1=C(Nc2ccc3oc(-c4cccs4)nc3c2)C(=O)N(CCO)C1. The molecule has 4 rings (SSSR count).